The summed E-state index contributed by atoms with van der Waals surface area (Å²) in [4.78, 5) is 9.63. The molecule has 1 fully saturated rings. The zero-order valence-electron chi connectivity index (χ0n) is 13.7. The molecule has 3 rings (SSSR count). The van der Waals surface area contributed by atoms with Gasteiger partial charge in [0.1, 0.15) is 11.9 Å². The molecule has 2 heterocycles. The van der Waals surface area contributed by atoms with E-state index in [1.807, 2.05) is 13.0 Å². The first-order chi connectivity index (χ1) is 12.0. The highest BCUT2D eigenvalue weighted by Gasteiger charge is 2.35. The first-order valence-electron chi connectivity index (χ1n) is 7.90. The SMILES string of the molecule is CCN1CCN(S(=O)(=O)c2ccc(Cl)c(C#N)c2)C[C@H]1c1ncc[nH]1. The summed E-state index contributed by atoms with van der Waals surface area (Å²) < 4.78 is 27.4. The van der Waals surface area contributed by atoms with E-state index in [9.17, 15) is 8.42 Å². The van der Waals surface area contributed by atoms with Crippen LogP contribution in [0.25, 0.3) is 0 Å². The maximum Gasteiger partial charge on any atom is 0.243 e. The smallest absolute Gasteiger partial charge is 0.243 e. The topological polar surface area (TPSA) is 93.1 Å². The van der Waals surface area contributed by atoms with E-state index in [-0.39, 0.29) is 21.5 Å². The van der Waals surface area contributed by atoms with Crippen molar-refractivity contribution in [1.29, 1.82) is 5.26 Å². The third kappa shape index (κ3) is 3.41. The average molecular weight is 380 g/mol. The van der Waals surface area contributed by atoms with Gasteiger partial charge in [-0.3, -0.25) is 4.90 Å². The first-order valence-corrected chi connectivity index (χ1v) is 9.72. The number of benzene rings is 1. The summed E-state index contributed by atoms with van der Waals surface area (Å²) in [5.41, 5.74) is 0.150. The first kappa shape index (κ1) is 17.9. The summed E-state index contributed by atoms with van der Waals surface area (Å²) in [7, 11) is -3.71. The Morgan fingerprint density at radius 2 is 2.24 bits per heavy atom. The molecule has 1 aromatic heterocycles. The Bertz CT molecular complexity index is 892. The quantitative estimate of drug-likeness (QED) is 0.876. The number of halogens is 1. The van der Waals surface area contributed by atoms with Crippen molar-refractivity contribution in [1.82, 2.24) is 19.2 Å². The Labute approximate surface area is 151 Å². The Morgan fingerprint density at radius 1 is 1.44 bits per heavy atom. The van der Waals surface area contributed by atoms with Crippen LogP contribution in [0.4, 0.5) is 0 Å². The van der Waals surface area contributed by atoms with Crippen LogP contribution in [-0.4, -0.2) is 53.8 Å². The standard InChI is InChI=1S/C16H18ClN5O2S/c1-2-21-7-8-22(11-15(21)16-19-5-6-20-16)25(23,24)13-3-4-14(17)12(9-13)10-18/h3-6,9,15H,2,7-8,11H2,1H3,(H,19,20)/t15-/m0/s1. The molecule has 0 bridgehead atoms. The number of hydrogen-bond acceptors (Lipinski definition) is 5. The zero-order chi connectivity index (χ0) is 18.0. The second kappa shape index (κ2) is 7.14. The lowest BCUT2D eigenvalue weighted by molar-refractivity contribution is 0.119. The summed E-state index contributed by atoms with van der Waals surface area (Å²) in [6.45, 7) is 4.14. The Balaban J connectivity index is 1.91. The van der Waals surface area contributed by atoms with Crippen molar-refractivity contribution >= 4 is 21.6 Å². The molecule has 0 radical (unpaired) electrons. The van der Waals surface area contributed by atoms with E-state index in [0.29, 0.717) is 19.6 Å². The second-order valence-corrected chi connectivity index (χ2v) is 8.08. The molecule has 132 valence electrons. The molecular formula is C16H18ClN5O2S. The van der Waals surface area contributed by atoms with Gasteiger partial charge in [-0.1, -0.05) is 18.5 Å². The second-order valence-electron chi connectivity index (χ2n) is 5.74. The number of aromatic nitrogens is 2. The van der Waals surface area contributed by atoms with Gasteiger partial charge >= 0.3 is 0 Å². The van der Waals surface area contributed by atoms with Gasteiger partial charge in [0.25, 0.3) is 0 Å². The molecule has 2 aromatic rings. The minimum absolute atomic E-state index is 0.0802. The number of likely N-dealkylation sites (N-methyl/N-ethyl adjacent to an activating group) is 1. The van der Waals surface area contributed by atoms with E-state index < -0.39 is 10.0 Å². The van der Waals surface area contributed by atoms with Crippen molar-refractivity contribution in [2.45, 2.75) is 17.9 Å². The van der Waals surface area contributed by atoms with Crippen LogP contribution in [0.2, 0.25) is 5.02 Å². The van der Waals surface area contributed by atoms with E-state index in [2.05, 4.69) is 14.9 Å². The van der Waals surface area contributed by atoms with Gasteiger partial charge in [0, 0.05) is 32.0 Å². The van der Waals surface area contributed by atoms with Crippen LogP contribution in [0.3, 0.4) is 0 Å². The normalized spacial score (nSPS) is 19.6. The molecule has 9 heteroatoms. The van der Waals surface area contributed by atoms with Gasteiger partial charge in [0.2, 0.25) is 10.0 Å². The molecule has 1 atom stereocenters. The minimum atomic E-state index is -3.71. The number of imidazole rings is 1. The van der Waals surface area contributed by atoms with Gasteiger partial charge in [-0.2, -0.15) is 9.57 Å². The summed E-state index contributed by atoms with van der Waals surface area (Å²) in [5, 5.41) is 9.33. The zero-order valence-corrected chi connectivity index (χ0v) is 15.3. The molecular weight excluding hydrogens is 362 g/mol. The average Bonchev–Trinajstić information content (AvgIpc) is 3.15. The number of nitrogens with one attached hydrogen (secondary N) is 1. The van der Waals surface area contributed by atoms with Crippen LogP contribution in [0, 0.1) is 11.3 Å². The van der Waals surface area contributed by atoms with Crippen molar-refractivity contribution in [2.75, 3.05) is 26.2 Å². The lowest BCUT2D eigenvalue weighted by Crippen LogP contribution is -2.50. The van der Waals surface area contributed by atoms with Gasteiger partial charge in [0.15, 0.2) is 0 Å². The molecule has 1 aromatic carbocycles. The summed E-state index contributed by atoms with van der Waals surface area (Å²) in [5.74, 6) is 0.746. The highest BCUT2D eigenvalue weighted by atomic mass is 35.5. The Morgan fingerprint density at radius 3 is 2.88 bits per heavy atom. The predicted molar refractivity (Wildman–Crippen MR) is 93.5 cm³/mol. The molecule has 1 aliphatic rings. The third-order valence-electron chi connectivity index (χ3n) is 4.39. The van der Waals surface area contributed by atoms with Crippen molar-refractivity contribution in [2.24, 2.45) is 0 Å². The maximum absolute atomic E-state index is 13.0. The molecule has 1 N–H and O–H groups in total. The number of hydrogen-bond donors (Lipinski definition) is 1. The number of nitriles is 1. The highest BCUT2D eigenvalue weighted by Crippen LogP contribution is 2.28. The molecule has 1 aliphatic heterocycles. The monoisotopic (exact) mass is 379 g/mol. The number of piperazine rings is 1. The fourth-order valence-electron chi connectivity index (χ4n) is 3.01. The number of aromatic amines is 1. The van der Waals surface area contributed by atoms with E-state index in [1.54, 1.807) is 12.4 Å². The fourth-order valence-corrected chi connectivity index (χ4v) is 4.64. The Hall–Kier alpha value is -1.92. The van der Waals surface area contributed by atoms with Gasteiger partial charge < -0.3 is 4.98 Å². The lowest BCUT2D eigenvalue weighted by atomic mass is 10.2. The predicted octanol–water partition coefficient (Wildman–Crippen LogP) is 2.00. The number of H-pyrrole nitrogens is 1. The third-order valence-corrected chi connectivity index (χ3v) is 6.58. The molecule has 0 amide bonds. The van der Waals surface area contributed by atoms with Crippen LogP contribution in [0.1, 0.15) is 24.4 Å². The molecule has 0 spiro atoms. The Kier molecular flexibility index (Phi) is 5.11. The van der Waals surface area contributed by atoms with Gasteiger partial charge in [0.05, 0.1) is 21.5 Å². The van der Waals surface area contributed by atoms with Crippen molar-refractivity contribution in [3.63, 3.8) is 0 Å². The van der Waals surface area contributed by atoms with Crippen LogP contribution in [0.15, 0.2) is 35.5 Å². The van der Waals surface area contributed by atoms with Crippen molar-refractivity contribution in [3.05, 3.63) is 47.0 Å². The van der Waals surface area contributed by atoms with E-state index >= 15 is 0 Å². The fraction of sp³-hybridized carbons (Fsp3) is 0.375. The molecule has 0 aliphatic carbocycles. The lowest BCUT2D eigenvalue weighted by Gasteiger charge is -2.39. The molecule has 7 nitrogen and oxygen atoms in total. The van der Waals surface area contributed by atoms with E-state index in [1.165, 1.54) is 22.5 Å². The highest BCUT2D eigenvalue weighted by molar-refractivity contribution is 7.89. The summed E-state index contributed by atoms with van der Waals surface area (Å²) in [6, 6.07) is 5.99. The van der Waals surface area contributed by atoms with Crippen LogP contribution in [0.5, 0.6) is 0 Å². The van der Waals surface area contributed by atoms with Crippen LogP contribution < -0.4 is 0 Å². The largest absolute Gasteiger partial charge is 0.347 e. The van der Waals surface area contributed by atoms with Gasteiger partial charge in [-0.15, -0.1) is 0 Å². The van der Waals surface area contributed by atoms with Crippen molar-refractivity contribution in [3.8, 4) is 6.07 Å². The van der Waals surface area contributed by atoms with Crippen LogP contribution >= 0.6 is 11.6 Å². The number of nitrogens with zero attached hydrogens (tertiary/aromatic N) is 4. The minimum Gasteiger partial charge on any atom is -0.347 e. The van der Waals surface area contributed by atoms with E-state index in [0.717, 1.165) is 12.4 Å². The molecule has 0 saturated carbocycles. The van der Waals surface area contributed by atoms with E-state index in [4.69, 9.17) is 16.9 Å². The van der Waals surface area contributed by atoms with Gasteiger partial charge in [-0.25, -0.2) is 13.4 Å². The summed E-state index contributed by atoms with van der Waals surface area (Å²) in [6.07, 6.45) is 3.39. The molecule has 1 saturated heterocycles. The molecule has 0 unspecified atom stereocenters. The van der Waals surface area contributed by atoms with Gasteiger partial charge in [-0.05, 0) is 24.7 Å². The number of sulfonamides is 1. The molecule has 25 heavy (non-hydrogen) atoms. The number of rotatable bonds is 4. The maximum atomic E-state index is 13.0. The van der Waals surface area contributed by atoms with Crippen molar-refractivity contribution < 1.29 is 8.42 Å². The summed E-state index contributed by atoms with van der Waals surface area (Å²) >= 11 is 5.91. The van der Waals surface area contributed by atoms with Crippen LogP contribution in [-0.2, 0) is 10.0 Å².